The van der Waals surface area contributed by atoms with Crippen molar-refractivity contribution < 1.29 is 4.79 Å². The van der Waals surface area contributed by atoms with E-state index >= 15 is 0 Å². The Morgan fingerprint density at radius 3 is 2.68 bits per heavy atom. The van der Waals surface area contributed by atoms with Crippen molar-refractivity contribution in [3.8, 4) is 0 Å². The van der Waals surface area contributed by atoms with Gasteiger partial charge in [-0.2, -0.15) is 0 Å². The Balaban J connectivity index is 1.61. The summed E-state index contributed by atoms with van der Waals surface area (Å²) in [6.45, 7) is 2.21. The van der Waals surface area contributed by atoms with Crippen molar-refractivity contribution in [1.82, 2.24) is 14.9 Å². The van der Waals surface area contributed by atoms with Crippen LogP contribution < -0.4 is 5.32 Å². The topological polar surface area (TPSA) is 61.0 Å². The number of aromatic nitrogens is 2. The third-order valence-electron chi connectivity index (χ3n) is 4.97. The normalized spacial score (nSPS) is 16.2. The number of carbonyl (C=O) groups is 1. The number of hydrogen-bond donors (Lipinski definition) is 2. The zero-order chi connectivity index (χ0) is 17.2. The van der Waals surface area contributed by atoms with Crippen LogP contribution in [0.5, 0.6) is 0 Å². The van der Waals surface area contributed by atoms with Crippen LogP contribution in [-0.4, -0.2) is 40.9 Å². The van der Waals surface area contributed by atoms with Gasteiger partial charge in [-0.3, -0.25) is 4.79 Å². The third-order valence-corrected chi connectivity index (χ3v) is 4.97. The van der Waals surface area contributed by atoms with Crippen LogP contribution >= 0.6 is 0 Å². The van der Waals surface area contributed by atoms with Gasteiger partial charge in [-0.1, -0.05) is 18.2 Å². The van der Waals surface area contributed by atoms with Crippen molar-refractivity contribution in [3.05, 3.63) is 59.9 Å². The van der Waals surface area contributed by atoms with E-state index in [9.17, 15) is 4.79 Å². The highest BCUT2D eigenvalue weighted by Gasteiger charge is 2.22. The summed E-state index contributed by atoms with van der Waals surface area (Å²) in [5.74, 6) is 0.327. The smallest absolute Gasteiger partial charge is 0.274 e. The number of benzene rings is 1. The molecule has 1 saturated heterocycles. The lowest BCUT2D eigenvalue weighted by molar-refractivity contribution is 0.102. The average molecular weight is 334 g/mol. The molecule has 0 radical (unpaired) electrons. The van der Waals surface area contributed by atoms with Gasteiger partial charge in [-0.05, 0) is 68.7 Å². The van der Waals surface area contributed by atoms with Crippen LogP contribution in [-0.2, 0) is 0 Å². The highest BCUT2D eigenvalue weighted by atomic mass is 16.1. The van der Waals surface area contributed by atoms with Crippen molar-refractivity contribution in [2.45, 2.75) is 18.8 Å². The summed E-state index contributed by atoms with van der Waals surface area (Å²) >= 11 is 0. The number of H-pyrrole nitrogens is 1. The molecule has 128 valence electrons. The van der Waals surface area contributed by atoms with E-state index in [0.717, 1.165) is 42.7 Å². The molecule has 2 N–H and O–H groups in total. The molecule has 1 aromatic carbocycles. The first-order chi connectivity index (χ1) is 12.2. The Morgan fingerprint density at radius 2 is 1.92 bits per heavy atom. The summed E-state index contributed by atoms with van der Waals surface area (Å²) in [5, 5.41) is 2.90. The number of nitrogens with one attached hydrogen (secondary N) is 2. The van der Waals surface area contributed by atoms with E-state index in [1.165, 1.54) is 5.56 Å². The Kier molecular flexibility index (Phi) is 4.24. The summed E-state index contributed by atoms with van der Waals surface area (Å²) in [7, 11) is 2.16. The van der Waals surface area contributed by atoms with Crippen molar-refractivity contribution in [1.29, 1.82) is 0 Å². The molecule has 0 spiro atoms. The number of aromatic amines is 1. The summed E-state index contributed by atoms with van der Waals surface area (Å²) < 4.78 is 0. The number of anilines is 1. The second kappa shape index (κ2) is 6.69. The van der Waals surface area contributed by atoms with Gasteiger partial charge in [0.25, 0.3) is 5.91 Å². The minimum atomic E-state index is -0.177. The van der Waals surface area contributed by atoms with Crippen LogP contribution in [0, 0.1) is 0 Å². The van der Waals surface area contributed by atoms with Crippen molar-refractivity contribution in [2.24, 2.45) is 0 Å². The highest BCUT2D eigenvalue weighted by Crippen LogP contribution is 2.32. The van der Waals surface area contributed by atoms with Crippen LogP contribution in [0.25, 0.3) is 11.0 Å². The molecule has 5 nitrogen and oxygen atoms in total. The van der Waals surface area contributed by atoms with E-state index in [0.29, 0.717) is 11.6 Å². The fourth-order valence-electron chi connectivity index (χ4n) is 3.49. The summed E-state index contributed by atoms with van der Waals surface area (Å²) in [4.78, 5) is 22.9. The maximum absolute atomic E-state index is 12.5. The van der Waals surface area contributed by atoms with Crippen LogP contribution in [0.2, 0.25) is 0 Å². The molecule has 1 fully saturated rings. The van der Waals surface area contributed by atoms with Gasteiger partial charge < -0.3 is 15.2 Å². The molecular formula is C20H22N4O. The molecule has 0 atom stereocenters. The SMILES string of the molecule is CN1CCC(c2c[nH]c3ccc(C(=O)Nc4ccccc4)nc23)CC1. The van der Waals surface area contributed by atoms with Gasteiger partial charge >= 0.3 is 0 Å². The number of piperidine rings is 1. The molecule has 0 saturated carbocycles. The number of para-hydroxylation sites is 1. The number of pyridine rings is 1. The number of rotatable bonds is 3. The molecule has 3 aromatic rings. The highest BCUT2D eigenvalue weighted by molar-refractivity contribution is 6.04. The van der Waals surface area contributed by atoms with Crippen molar-refractivity contribution >= 4 is 22.6 Å². The summed E-state index contributed by atoms with van der Waals surface area (Å²) in [6.07, 6.45) is 4.32. The molecule has 25 heavy (non-hydrogen) atoms. The molecule has 4 rings (SSSR count). The van der Waals surface area contributed by atoms with Crippen LogP contribution in [0.4, 0.5) is 5.69 Å². The Labute approximate surface area is 147 Å². The number of hydrogen-bond acceptors (Lipinski definition) is 3. The van der Waals surface area contributed by atoms with Gasteiger partial charge in [0.2, 0.25) is 0 Å². The first-order valence-electron chi connectivity index (χ1n) is 8.73. The molecule has 0 unspecified atom stereocenters. The Bertz CT molecular complexity index is 879. The zero-order valence-electron chi connectivity index (χ0n) is 14.3. The van der Waals surface area contributed by atoms with Gasteiger partial charge in [-0.25, -0.2) is 4.98 Å². The van der Waals surface area contributed by atoms with Gasteiger partial charge in [0.05, 0.1) is 11.0 Å². The zero-order valence-corrected chi connectivity index (χ0v) is 14.3. The van der Waals surface area contributed by atoms with Crippen molar-refractivity contribution in [2.75, 3.05) is 25.5 Å². The first-order valence-corrected chi connectivity index (χ1v) is 8.73. The molecule has 0 bridgehead atoms. The molecule has 1 aliphatic rings. The Hall–Kier alpha value is -2.66. The number of fused-ring (bicyclic) bond motifs is 1. The van der Waals surface area contributed by atoms with E-state index in [1.54, 1.807) is 6.07 Å². The quantitative estimate of drug-likeness (QED) is 0.769. The van der Waals surface area contributed by atoms with E-state index < -0.39 is 0 Å². The first kappa shape index (κ1) is 15.8. The predicted molar refractivity (Wildman–Crippen MR) is 100.0 cm³/mol. The van der Waals surface area contributed by atoms with Gasteiger partial charge in [0.1, 0.15) is 5.69 Å². The van der Waals surface area contributed by atoms with Crippen LogP contribution in [0.15, 0.2) is 48.7 Å². The second-order valence-electron chi connectivity index (χ2n) is 6.73. The lowest BCUT2D eigenvalue weighted by Gasteiger charge is -2.28. The molecule has 0 aliphatic carbocycles. The monoisotopic (exact) mass is 334 g/mol. The largest absolute Gasteiger partial charge is 0.360 e. The average Bonchev–Trinajstić information content (AvgIpc) is 3.06. The lowest BCUT2D eigenvalue weighted by atomic mass is 9.90. The van der Waals surface area contributed by atoms with Gasteiger partial charge in [0, 0.05) is 11.9 Å². The Morgan fingerprint density at radius 1 is 1.16 bits per heavy atom. The standard InChI is InChI=1S/C20H22N4O/c1-24-11-9-14(10-12-24)16-13-21-17-7-8-18(23-19(16)17)20(25)22-15-5-3-2-4-6-15/h2-8,13-14,21H,9-12H2,1H3,(H,22,25). The number of nitrogens with zero attached hydrogens (tertiary/aromatic N) is 2. The number of carbonyl (C=O) groups excluding carboxylic acids is 1. The van der Waals surface area contributed by atoms with E-state index in [4.69, 9.17) is 0 Å². The maximum Gasteiger partial charge on any atom is 0.274 e. The third kappa shape index (κ3) is 3.28. The second-order valence-corrected chi connectivity index (χ2v) is 6.73. The lowest BCUT2D eigenvalue weighted by Crippen LogP contribution is -2.29. The number of likely N-dealkylation sites (tertiary alicyclic amines) is 1. The molecular weight excluding hydrogens is 312 g/mol. The van der Waals surface area contributed by atoms with Crippen molar-refractivity contribution in [3.63, 3.8) is 0 Å². The minimum absolute atomic E-state index is 0.177. The summed E-state index contributed by atoms with van der Waals surface area (Å²) in [6, 6.07) is 13.2. The van der Waals surface area contributed by atoms with E-state index in [1.807, 2.05) is 36.4 Å². The van der Waals surface area contributed by atoms with E-state index in [-0.39, 0.29) is 5.91 Å². The fraction of sp³-hybridized carbons (Fsp3) is 0.300. The maximum atomic E-state index is 12.5. The molecule has 5 heteroatoms. The molecule has 2 aromatic heterocycles. The minimum Gasteiger partial charge on any atom is -0.360 e. The van der Waals surface area contributed by atoms with E-state index in [2.05, 4.69) is 33.4 Å². The molecule has 1 aliphatic heterocycles. The van der Waals surface area contributed by atoms with Gasteiger partial charge in [-0.15, -0.1) is 0 Å². The summed E-state index contributed by atoms with van der Waals surface area (Å²) in [5.41, 5.74) is 4.38. The molecule has 1 amide bonds. The van der Waals surface area contributed by atoms with Crippen LogP contribution in [0.3, 0.4) is 0 Å². The predicted octanol–water partition coefficient (Wildman–Crippen LogP) is 3.62. The van der Waals surface area contributed by atoms with Gasteiger partial charge in [0.15, 0.2) is 0 Å². The molecule has 3 heterocycles. The number of amides is 1. The fourth-order valence-corrected chi connectivity index (χ4v) is 3.49. The van der Waals surface area contributed by atoms with Crippen LogP contribution in [0.1, 0.15) is 34.8 Å².